The Morgan fingerprint density at radius 3 is 2.53 bits per heavy atom. The van der Waals surface area contributed by atoms with Gasteiger partial charge >= 0.3 is 0 Å². The summed E-state index contributed by atoms with van der Waals surface area (Å²) in [6.45, 7) is 3.59. The van der Waals surface area contributed by atoms with Crippen LogP contribution in [0.3, 0.4) is 0 Å². The summed E-state index contributed by atoms with van der Waals surface area (Å²) in [7, 11) is 1.50. The van der Waals surface area contributed by atoms with Gasteiger partial charge in [-0.2, -0.15) is 0 Å². The predicted molar refractivity (Wildman–Crippen MR) is 116 cm³/mol. The van der Waals surface area contributed by atoms with E-state index in [4.69, 9.17) is 9.47 Å². The molecule has 2 heterocycles. The van der Waals surface area contributed by atoms with Gasteiger partial charge in [0.25, 0.3) is 11.7 Å². The van der Waals surface area contributed by atoms with E-state index in [9.17, 15) is 19.1 Å². The number of ketones is 1. The Bertz CT molecular complexity index is 1030. The number of hydrogen-bond acceptors (Lipinski definition) is 6. The molecule has 0 aliphatic carbocycles. The second-order valence-electron chi connectivity index (χ2n) is 7.73. The largest absolute Gasteiger partial charge is 0.507 e. The first-order valence-corrected chi connectivity index (χ1v) is 10.5. The summed E-state index contributed by atoms with van der Waals surface area (Å²) in [5.74, 6) is -1.65. The molecule has 2 aliphatic rings. The van der Waals surface area contributed by atoms with E-state index < -0.39 is 23.5 Å². The number of Topliss-reactive ketones (excluding diaryl/α,β-unsaturated/α-hetero) is 1. The van der Waals surface area contributed by atoms with Gasteiger partial charge in [-0.1, -0.05) is 24.3 Å². The van der Waals surface area contributed by atoms with E-state index in [1.807, 2.05) is 0 Å². The number of benzene rings is 2. The van der Waals surface area contributed by atoms with E-state index in [-0.39, 0.29) is 11.3 Å². The molecule has 0 aromatic heterocycles. The maximum Gasteiger partial charge on any atom is 0.295 e. The van der Waals surface area contributed by atoms with Crippen LogP contribution in [0.15, 0.2) is 54.1 Å². The highest BCUT2D eigenvalue weighted by atomic mass is 19.1. The Hall–Kier alpha value is -3.23. The molecule has 2 aliphatic heterocycles. The lowest BCUT2D eigenvalue weighted by molar-refractivity contribution is -0.140. The Labute approximate surface area is 185 Å². The lowest BCUT2D eigenvalue weighted by Gasteiger charge is -2.31. The zero-order valence-electron chi connectivity index (χ0n) is 17.8. The average molecular weight is 440 g/mol. The molecule has 2 fully saturated rings. The molecular weight excluding hydrogens is 415 g/mol. The van der Waals surface area contributed by atoms with Crippen LogP contribution in [0.5, 0.6) is 5.75 Å². The summed E-state index contributed by atoms with van der Waals surface area (Å²) in [5, 5.41) is 11.1. The Balaban J connectivity index is 1.73. The van der Waals surface area contributed by atoms with Crippen molar-refractivity contribution in [3.8, 4) is 5.75 Å². The van der Waals surface area contributed by atoms with E-state index in [0.29, 0.717) is 43.2 Å². The average Bonchev–Trinajstić information content (AvgIpc) is 3.08. The number of hydrogen-bond donors (Lipinski definition) is 1. The molecule has 32 heavy (non-hydrogen) atoms. The predicted octanol–water partition coefficient (Wildman–Crippen LogP) is 2.59. The fourth-order valence-electron chi connectivity index (χ4n) is 4.10. The normalized spacial score (nSPS) is 21.2. The van der Waals surface area contributed by atoms with Crippen molar-refractivity contribution in [2.75, 3.05) is 46.5 Å². The second kappa shape index (κ2) is 9.50. The fraction of sp³-hybridized carbons (Fsp3) is 0.333. The molecular formula is C24H25FN2O5. The minimum absolute atomic E-state index is 0.0168. The van der Waals surface area contributed by atoms with E-state index >= 15 is 0 Å². The lowest BCUT2D eigenvalue weighted by atomic mass is 9.95. The third-order valence-corrected chi connectivity index (χ3v) is 5.83. The summed E-state index contributed by atoms with van der Waals surface area (Å²) in [5.41, 5.74) is 0.900. The molecule has 7 nitrogen and oxygen atoms in total. The highest BCUT2D eigenvalue weighted by Crippen LogP contribution is 2.39. The zero-order chi connectivity index (χ0) is 22.7. The van der Waals surface area contributed by atoms with Gasteiger partial charge in [0.1, 0.15) is 17.3 Å². The standard InChI is InChI=1S/C24H25FN2O5/c1-31-19-4-2-3-17(15-19)22(28)20-21(16-5-7-18(25)8-6-16)27(24(30)23(20)29)10-9-26-11-13-32-14-12-26/h2-8,15,21,28H,9-14H2,1H3/b22-20+. The molecule has 1 N–H and O–H groups in total. The number of aliphatic hydroxyl groups excluding tert-OH is 1. The van der Waals surface area contributed by atoms with Crippen LogP contribution in [0.4, 0.5) is 4.39 Å². The molecule has 0 spiro atoms. The van der Waals surface area contributed by atoms with Gasteiger partial charge in [0, 0.05) is 31.7 Å². The number of likely N-dealkylation sites (tertiary alicyclic amines) is 1. The van der Waals surface area contributed by atoms with Gasteiger partial charge in [-0.25, -0.2) is 4.39 Å². The zero-order valence-corrected chi connectivity index (χ0v) is 17.8. The number of rotatable bonds is 6. The molecule has 2 aromatic rings. The maximum absolute atomic E-state index is 13.6. The number of nitrogens with zero attached hydrogens (tertiary/aromatic N) is 2. The van der Waals surface area contributed by atoms with Crippen LogP contribution in [0, 0.1) is 5.82 Å². The number of amides is 1. The number of carbonyl (C=O) groups is 2. The maximum atomic E-state index is 13.6. The van der Waals surface area contributed by atoms with Gasteiger partial charge in [0.2, 0.25) is 0 Å². The highest BCUT2D eigenvalue weighted by molar-refractivity contribution is 6.46. The summed E-state index contributed by atoms with van der Waals surface area (Å²) in [4.78, 5) is 29.6. The van der Waals surface area contributed by atoms with Gasteiger partial charge in [0.05, 0.1) is 31.9 Å². The van der Waals surface area contributed by atoms with Crippen LogP contribution >= 0.6 is 0 Å². The van der Waals surface area contributed by atoms with Gasteiger partial charge in [-0.15, -0.1) is 0 Å². The second-order valence-corrected chi connectivity index (χ2v) is 7.73. The van der Waals surface area contributed by atoms with Crippen LogP contribution in [0.2, 0.25) is 0 Å². The lowest BCUT2D eigenvalue weighted by Crippen LogP contribution is -2.42. The van der Waals surface area contributed by atoms with E-state index in [1.54, 1.807) is 24.3 Å². The molecule has 1 atom stereocenters. The highest BCUT2D eigenvalue weighted by Gasteiger charge is 2.46. The molecule has 168 valence electrons. The smallest absolute Gasteiger partial charge is 0.295 e. The van der Waals surface area contributed by atoms with Gasteiger partial charge in [-0.3, -0.25) is 14.5 Å². The summed E-state index contributed by atoms with van der Waals surface area (Å²) >= 11 is 0. The Kier molecular flexibility index (Phi) is 6.53. The molecule has 0 saturated carbocycles. The number of aliphatic hydroxyl groups is 1. The van der Waals surface area contributed by atoms with Crippen molar-refractivity contribution in [2.24, 2.45) is 0 Å². The van der Waals surface area contributed by atoms with Gasteiger partial charge in [-0.05, 0) is 29.8 Å². The first kappa shape index (κ1) is 22.0. The van der Waals surface area contributed by atoms with Gasteiger partial charge < -0.3 is 19.5 Å². The monoisotopic (exact) mass is 440 g/mol. The van der Waals surface area contributed by atoms with Crippen molar-refractivity contribution in [1.82, 2.24) is 9.80 Å². The molecule has 1 unspecified atom stereocenters. The molecule has 2 aromatic carbocycles. The molecule has 4 rings (SSSR count). The van der Waals surface area contributed by atoms with Crippen LogP contribution < -0.4 is 4.74 Å². The number of methoxy groups -OCH3 is 1. The topological polar surface area (TPSA) is 79.3 Å². The Morgan fingerprint density at radius 1 is 1.12 bits per heavy atom. The number of ether oxygens (including phenoxy) is 2. The molecule has 2 saturated heterocycles. The number of morpholine rings is 1. The third kappa shape index (κ3) is 4.37. The van der Waals surface area contributed by atoms with Crippen molar-refractivity contribution in [3.05, 3.63) is 71.0 Å². The first-order chi connectivity index (χ1) is 15.5. The van der Waals surface area contributed by atoms with Crippen molar-refractivity contribution >= 4 is 17.4 Å². The fourth-order valence-corrected chi connectivity index (χ4v) is 4.10. The quantitative estimate of drug-likeness (QED) is 0.423. The van der Waals surface area contributed by atoms with Crippen LogP contribution in [-0.2, 0) is 14.3 Å². The third-order valence-electron chi connectivity index (χ3n) is 5.83. The van der Waals surface area contributed by atoms with Crippen LogP contribution in [-0.4, -0.2) is 73.1 Å². The summed E-state index contributed by atoms with van der Waals surface area (Å²) in [6, 6.07) is 11.5. The van der Waals surface area contributed by atoms with Gasteiger partial charge in [0.15, 0.2) is 0 Å². The van der Waals surface area contributed by atoms with E-state index in [0.717, 1.165) is 13.1 Å². The summed E-state index contributed by atoms with van der Waals surface area (Å²) in [6.07, 6.45) is 0. The first-order valence-electron chi connectivity index (χ1n) is 10.5. The van der Waals surface area contributed by atoms with Crippen molar-refractivity contribution in [1.29, 1.82) is 0 Å². The van der Waals surface area contributed by atoms with E-state index in [2.05, 4.69) is 4.90 Å². The van der Waals surface area contributed by atoms with Crippen molar-refractivity contribution < 1.29 is 28.6 Å². The van der Waals surface area contributed by atoms with Crippen LogP contribution in [0.1, 0.15) is 17.2 Å². The molecule has 0 radical (unpaired) electrons. The summed E-state index contributed by atoms with van der Waals surface area (Å²) < 4.78 is 24.2. The minimum Gasteiger partial charge on any atom is -0.507 e. The number of carbonyl (C=O) groups excluding carboxylic acids is 2. The molecule has 8 heteroatoms. The van der Waals surface area contributed by atoms with Crippen molar-refractivity contribution in [3.63, 3.8) is 0 Å². The molecule has 0 bridgehead atoms. The van der Waals surface area contributed by atoms with Crippen molar-refractivity contribution in [2.45, 2.75) is 6.04 Å². The SMILES string of the molecule is COc1cccc(/C(O)=C2\C(=O)C(=O)N(CCN3CCOCC3)C2c2ccc(F)cc2)c1. The minimum atomic E-state index is -0.817. The molecule has 1 amide bonds. The van der Waals surface area contributed by atoms with E-state index in [1.165, 1.54) is 36.3 Å². The number of halogens is 1. The van der Waals surface area contributed by atoms with Crippen LogP contribution in [0.25, 0.3) is 5.76 Å². The Morgan fingerprint density at radius 2 is 1.84 bits per heavy atom.